The van der Waals surface area contributed by atoms with Crippen LogP contribution < -0.4 is 10.1 Å². The first kappa shape index (κ1) is 13.0. The summed E-state index contributed by atoms with van der Waals surface area (Å²) in [5, 5.41) is 3.44. The molecule has 0 bridgehead atoms. The van der Waals surface area contributed by atoms with Crippen LogP contribution in [0.5, 0.6) is 5.75 Å². The second-order valence-electron chi connectivity index (χ2n) is 4.51. The fourth-order valence-corrected chi connectivity index (χ4v) is 2.06. The standard InChI is InChI=1S/C15H21NO2/c1-17-14-7-4-5-13(11-14)8-9-16-12-15-6-2-3-10-18-15/h3-5,7,10-11,15-16H,2,6,8-9,12H2,1H3. The highest BCUT2D eigenvalue weighted by Gasteiger charge is 2.09. The monoisotopic (exact) mass is 247 g/mol. The fourth-order valence-electron chi connectivity index (χ4n) is 2.06. The van der Waals surface area contributed by atoms with E-state index in [1.54, 1.807) is 7.11 Å². The molecule has 0 radical (unpaired) electrons. The second kappa shape index (κ2) is 7.07. The summed E-state index contributed by atoms with van der Waals surface area (Å²) < 4.78 is 10.7. The molecule has 1 aromatic carbocycles. The van der Waals surface area contributed by atoms with E-state index < -0.39 is 0 Å². The molecule has 1 N–H and O–H groups in total. The van der Waals surface area contributed by atoms with Crippen LogP contribution >= 0.6 is 0 Å². The molecule has 1 atom stereocenters. The highest BCUT2D eigenvalue weighted by atomic mass is 16.5. The molecule has 1 unspecified atom stereocenters. The van der Waals surface area contributed by atoms with Crippen molar-refractivity contribution in [1.29, 1.82) is 0 Å². The van der Waals surface area contributed by atoms with E-state index >= 15 is 0 Å². The molecule has 2 rings (SSSR count). The van der Waals surface area contributed by atoms with Crippen molar-refractivity contribution >= 4 is 0 Å². The third-order valence-electron chi connectivity index (χ3n) is 3.12. The Morgan fingerprint density at radius 3 is 3.17 bits per heavy atom. The van der Waals surface area contributed by atoms with E-state index in [0.717, 1.165) is 38.1 Å². The number of hydrogen-bond donors (Lipinski definition) is 1. The van der Waals surface area contributed by atoms with Crippen LogP contribution in [0.4, 0.5) is 0 Å². The van der Waals surface area contributed by atoms with Crippen molar-refractivity contribution in [3.8, 4) is 5.75 Å². The molecule has 0 fully saturated rings. The van der Waals surface area contributed by atoms with Crippen LogP contribution in [0.3, 0.4) is 0 Å². The first-order valence-electron chi connectivity index (χ1n) is 6.52. The number of methoxy groups -OCH3 is 1. The molecule has 3 heteroatoms. The van der Waals surface area contributed by atoms with Gasteiger partial charge in [0.15, 0.2) is 0 Å². The lowest BCUT2D eigenvalue weighted by Crippen LogP contribution is -2.30. The Kier molecular flexibility index (Phi) is 5.09. The van der Waals surface area contributed by atoms with Crippen LogP contribution in [0.15, 0.2) is 36.6 Å². The quantitative estimate of drug-likeness (QED) is 0.784. The first-order valence-corrected chi connectivity index (χ1v) is 6.52. The van der Waals surface area contributed by atoms with Crippen molar-refractivity contribution < 1.29 is 9.47 Å². The predicted molar refractivity (Wildman–Crippen MR) is 72.8 cm³/mol. The third-order valence-corrected chi connectivity index (χ3v) is 3.12. The molecule has 0 aromatic heterocycles. The predicted octanol–water partition coefficient (Wildman–Crippen LogP) is 2.52. The normalized spacial score (nSPS) is 18.4. The van der Waals surface area contributed by atoms with Gasteiger partial charge in [0.05, 0.1) is 13.4 Å². The van der Waals surface area contributed by atoms with E-state index in [1.165, 1.54) is 5.56 Å². The van der Waals surface area contributed by atoms with Gasteiger partial charge in [0.1, 0.15) is 11.9 Å². The molecule has 1 heterocycles. The Bertz CT molecular complexity index is 390. The smallest absolute Gasteiger partial charge is 0.119 e. The summed E-state index contributed by atoms with van der Waals surface area (Å²) in [5.74, 6) is 0.924. The molecule has 1 aliphatic rings. The van der Waals surface area contributed by atoms with Gasteiger partial charge in [-0.25, -0.2) is 0 Å². The summed E-state index contributed by atoms with van der Waals surface area (Å²) in [6, 6.07) is 8.22. The van der Waals surface area contributed by atoms with Gasteiger partial charge >= 0.3 is 0 Å². The van der Waals surface area contributed by atoms with Gasteiger partial charge in [-0.1, -0.05) is 12.1 Å². The number of rotatable bonds is 6. The van der Waals surface area contributed by atoms with Crippen LogP contribution in [-0.2, 0) is 11.2 Å². The molecule has 0 saturated heterocycles. The average Bonchev–Trinajstić information content (AvgIpc) is 2.45. The van der Waals surface area contributed by atoms with E-state index in [0.29, 0.717) is 6.10 Å². The lowest BCUT2D eigenvalue weighted by molar-refractivity contribution is 0.123. The molecule has 18 heavy (non-hydrogen) atoms. The topological polar surface area (TPSA) is 30.5 Å². The van der Waals surface area contributed by atoms with Crippen LogP contribution in [0, 0.1) is 0 Å². The van der Waals surface area contributed by atoms with Crippen LogP contribution in [-0.4, -0.2) is 26.3 Å². The average molecular weight is 247 g/mol. The van der Waals surface area contributed by atoms with E-state index in [2.05, 4.69) is 23.5 Å². The highest BCUT2D eigenvalue weighted by molar-refractivity contribution is 5.28. The number of nitrogens with one attached hydrogen (secondary N) is 1. The maximum absolute atomic E-state index is 5.50. The molecule has 0 saturated carbocycles. The second-order valence-corrected chi connectivity index (χ2v) is 4.51. The minimum atomic E-state index is 0.334. The summed E-state index contributed by atoms with van der Waals surface area (Å²) in [7, 11) is 1.70. The number of allylic oxidation sites excluding steroid dienone is 1. The molecule has 3 nitrogen and oxygen atoms in total. The minimum Gasteiger partial charge on any atom is -0.497 e. The van der Waals surface area contributed by atoms with Crippen molar-refractivity contribution in [2.75, 3.05) is 20.2 Å². The SMILES string of the molecule is COc1cccc(CCNCC2CCC=CO2)c1. The van der Waals surface area contributed by atoms with Crippen molar-refractivity contribution in [1.82, 2.24) is 5.32 Å². The molecule has 0 amide bonds. The molecule has 1 aromatic rings. The first-order chi connectivity index (χ1) is 8.88. The zero-order valence-electron chi connectivity index (χ0n) is 10.9. The van der Waals surface area contributed by atoms with E-state index in [1.807, 2.05) is 18.4 Å². The maximum atomic E-state index is 5.50. The van der Waals surface area contributed by atoms with Gasteiger partial charge in [0.2, 0.25) is 0 Å². The Labute approximate surface area is 109 Å². The van der Waals surface area contributed by atoms with Crippen LogP contribution in [0.1, 0.15) is 18.4 Å². The van der Waals surface area contributed by atoms with Crippen LogP contribution in [0.2, 0.25) is 0 Å². The lowest BCUT2D eigenvalue weighted by atomic mass is 10.1. The number of benzene rings is 1. The minimum absolute atomic E-state index is 0.334. The van der Waals surface area contributed by atoms with E-state index in [4.69, 9.17) is 9.47 Å². The van der Waals surface area contributed by atoms with E-state index in [9.17, 15) is 0 Å². The number of hydrogen-bond acceptors (Lipinski definition) is 3. The number of ether oxygens (including phenoxy) is 2. The summed E-state index contributed by atoms with van der Waals surface area (Å²) in [4.78, 5) is 0. The molecule has 1 aliphatic heterocycles. The van der Waals surface area contributed by atoms with Gasteiger partial charge in [-0.3, -0.25) is 0 Å². The maximum Gasteiger partial charge on any atom is 0.119 e. The highest BCUT2D eigenvalue weighted by Crippen LogP contribution is 2.13. The lowest BCUT2D eigenvalue weighted by Gasteiger charge is -2.19. The summed E-state index contributed by atoms with van der Waals surface area (Å²) in [5.41, 5.74) is 1.30. The van der Waals surface area contributed by atoms with Gasteiger partial charge in [0, 0.05) is 6.54 Å². The largest absolute Gasteiger partial charge is 0.497 e. The van der Waals surface area contributed by atoms with Crippen molar-refractivity contribution in [2.24, 2.45) is 0 Å². The Morgan fingerprint density at radius 2 is 2.39 bits per heavy atom. The third kappa shape index (κ3) is 4.08. The molecule has 0 aliphatic carbocycles. The molecule has 0 spiro atoms. The zero-order chi connectivity index (χ0) is 12.6. The van der Waals surface area contributed by atoms with E-state index in [-0.39, 0.29) is 0 Å². The summed E-state index contributed by atoms with van der Waals surface area (Å²) in [6.45, 7) is 1.89. The van der Waals surface area contributed by atoms with Gasteiger partial charge in [0.25, 0.3) is 0 Å². The Morgan fingerprint density at radius 1 is 1.44 bits per heavy atom. The van der Waals surface area contributed by atoms with Crippen LogP contribution in [0.25, 0.3) is 0 Å². The fraction of sp³-hybridized carbons (Fsp3) is 0.467. The molecule has 98 valence electrons. The molecular weight excluding hydrogens is 226 g/mol. The van der Waals surface area contributed by atoms with Gasteiger partial charge in [-0.15, -0.1) is 0 Å². The van der Waals surface area contributed by atoms with Gasteiger partial charge < -0.3 is 14.8 Å². The molecular formula is C15H21NO2. The summed E-state index contributed by atoms with van der Waals surface area (Å²) in [6.07, 6.45) is 7.48. The zero-order valence-corrected chi connectivity index (χ0v) is 10.9. The van der Waals surface area contributed by atoms with Gasteiger partial charge in [-0.05, 0) is 49.6 Å². The Balaban J connectivity index is 1.66. The van der Waals surface area contributed by atoms with Gasteiger partial charge in [-0.2, -0.15) is 0 Å². The van der Waals surface area contributed by atoms with Crippen molar-refractivity contribution in [2.45, 2.75) is 25.4 Å². The van der Waals surface area contributed by atoms with Crippen molar-refractivity contribution in [3.63, 3.8) is 0 Å². The van der Waals surface area contributed by atoms with Crippen molar-refractivity contribution in [3.05, 3.63) is 42.2 Å². The summed E-state index contributed by atoms with van der Waals surface area (Å²) >= 11 is 0. The Hall–Kier alpha value is -1.48.